The van der Waals surface area contributed by atoms with Crippen molar-refractivity contribution in [2.75, 3.05) is 6.61 Å². The normalized spacial score (nSPS) is 11.3. The van der Waals surface area contributed by atoms with E-state index in [1.165, 1.54) is 0 Å². The largest absolute Gasteiger partial charge is 0.494 e. The third-order valence-corrected chi connectivity index (χ3v) is 3.58. The van der Waals surface area contributed by atoms with E-state index in [0.717, 1.165) is 11.3 Å². The summed E-state index contributed by atoms with van der Waals surface area (Å²) in [4.78, 5) is 11.6. The van der Waals surface area contributed by atoms with Gasteiger partial charge in [-0.15, -0.1) is 0 Å². The molecule has 0 amide bonds. The maximum atomic E-state index is 11.6. The Morgan fingerprint density at radius 2 is 2.00 bits per heavy atom. The predicted octanol–water partition coefficient (Wildman–Crippen LogP) is 4.67. The smallest absolute Gasteiger partial charge is 0.336 e. The molecule has 2 aromatic carbocycles. The molecule has 114 valence electrons. The topological polar surface area (TPSA) is 46.5 Å². The molecule has 1 N–H and O–H groups in total. The first kappa shape index (κ1) is 16.1. The molecule has 0 aliphatic heterocycles. The van der Waals surface area contributed by atoms with Gasteiger partial charge in [0.15, 0.2) is 0 Å². The van der Waals surface area contributed by atoms with Crippen molar-refractivity contribution in [2.45, 2.75) is 13.8 Å². The molecule has 2 aromatic rings. The first-order valence-corrected chi connectivity index (χ1v) is 7.34. The number of aliphatic carboxylic acids is 1. The van der Waals surface area contributed by atoms with Crippen LogP contribution in [0.1, 0.15) is 23.6 Å². The highest BCUT2D eigenvalue weighted by atomic mass is 35.5. The predicted molar refractivity (Wildman–Crippen MR) is 89.3 cm³/mol. The number of rotatable bonds is 5. The quantitative estimate of drug-likeness (QED) is 0.644. The first-order valence-electron chi connectivity index (χ1n) is 6.96. The van der Waals surface area contributed by atoms with Gasteiger partial charge in [0.1, 0.15) is 5.75 Å². The average Bonchev–Trinajstić information content (AvgIpc) is 2.47. The number of carbonyl (C=O) groups is 1. The van der Waals surface area contributed by atoms with Gasteiger partial charge in [0.25, 0.3) is 0 Å². The molecule has 0 bridgehead atoms. The maximum absolute atomic E-state index is 11.6. The lowest BCUT2D eigenvalue weighted by Gasteiger charge is -2.10. The SMILES string of the molecule is CCOc1ccc(/C(=C/c2ccccc2Cl)C(=O)O)c(C)c1. The molecule has 0 atom stereocenters. The summed E-state index contributed by atoms with van der Waals surface area (Å²) in [6.45, 7) is 4.34. The molecule has 0 heterocycles. The minimum Gasteiger partial charge on any atom is -0.494 e. The Morgan fingerprint density at radius 3 is 2.59 bits per heavy atom. The fraction of sp³-hybridized carbons (Fsp3) is 0.167. The molecule has 22 heavy (non-hydrogen) atoms. The van der Waals surface area contributed by atoms with Crippen molar-refractivity contribution >= 4 is 29.2 Å². The summed E-state index contributed by atoms with van der Waals surface area (Å²) in [6, 6.07) is 12.5. The Kier molecular flexibility index (Phi) is 5.23. The van der Waals surface area contributed by atoms with Crippen molar-refractivity contribution in [3.63, 3.8) is 0 Å². The molecule has 0 spiro atoms. The Hall–Kier alpha value is -2.26. The number of benzene rings is 2. The van der Waals surface area contributed by atoms with E-state index in [-0.39, 0.29) is 5.57 Å². The van der Waals surface area contributed by atoms with Crippen LogP contribution in [0, 0.1) is 6.92 Å². The fourth-order valence-electron chi connectivity index (χ4n) is 2.20. The van der Waals surface area contributed by atoms with Crippen molar-refractivity contribution in [2.24, 2.45) is 0 Å². The van der Waals surface area contributed by atoms with Gasteiger partial charge in [0.2, 0.25) is 0 Å². The lowest BCUT2D eigenvalue weighted by Crippen LogP contribution is -2.02. The number of carboxylic acid groups (broad SMARTS) is 1. The fourth-order valence-corrected chi connectivity index (χ4v) is 2.39. The third kappa shape index (κ3) is 3.68. The van der Waals surface area contributed by atoms with E-state index in [0.29, 0.717) is 22.8 Å². The zero-order valence-electron chi connectivity index (χ0n) is 12.5. The van der Waals surface area contributed by atoms with Crippen LogP contribution in [-0.2, 0) is 4.79 Å². The monoisotopic (exact) mass is 316 g/mol. The number of hydrogen-bond donors (Lipinski definition) is 1. The maximum Gasteiger partial charge on any atom is 0.336 e. The highest BCUT2D eigenvalue weighted by Crippen LogP contribution is 2.27. The minimum atomic E-state index is -0.993. The van der Waals surface area contributed by atoms with Crippen molar-refractivity contribution in [1.29, 1.82) is 0 Å². The van der Waals surface area contributed by atoms with Crippen molar-refractivity contribution in [1.82, 2.24) is 0 Å². The summed E-state index contributed by atoms with van der Waals surface area (Å²) in [6.07, 6.45) is 1.59. The third-order valence-electron chi connectivity index (χ3n) is 3.23. The average molecular weight is 317 g/mol. The molecule has 0 aromatic heterocycles. The van der Waals surface area contributed by atoms with Crippen molar-refractivity contribution < 1.29 is 14.6 Å². The van der Waals surface area contributed by atoms with Gasteiger partial charge in [-0.25, -0.2) is 4.79 Å². The molecule has 4 heteroatoms. The summed E-state index contributed by atoms with van der Waals surface area (Å²) in [5.41, 5.74) is 2.37. The van der Waals surface area contributed by atoms with Gasteiger partial charge in [-0.05, 0) is 54.8 Å². The summed E-state index contributed by atoms with van der Waals surface area (Å²) in [5.74, 6) is -0.265. The van der Waals surface area contributed by atoms with E-state index in [1.807, 2.05) is 32.0 Å². The lowest BCUT2D eigenvalue weighted by molar-refractivity contribution is -0.130. The molecule has 0 aliphatic rings. The van der Waals surface area contributed by atoms with Crippen molar-refractivity contribution in [3.8, 4) is 5.75 Å². The van der Waals surface area contributed by atoms with Crippen LogP contribution in [0.5, 0.6) is 5.75 Å². The zero-order valence-corrected chi connectivity index (χ0v) is 13.2. The molecule has 0 saturated carbocycles. The minimum absolute atomic E-state index is 0.202. The second-order valence-electron chi connectivity index (χ2n) is 4.79. The van der Waals surface area contributed by atoms with Gasteiger partial charge in [-0.2, -0.15) is 0 Å². The molecule has 3 nitrogen and oxygen atoms in total. The van der Waals surface area contributed by atoms with Gasteiger partial charge in [0, 0.05) is 5.02 Å². The van der Waals surface area contributed by atoms with E-state index in [4.69, 9.17) is 16.3 Å². The van der Waals surface area contributed by atoms with Crippen LogP contribution in [0.3, 0.4) is 0 Å². The molecule has 0 radical (unpaired) electrons. The standard InChI is InChI=1S/C18H17ClO3/c1-3-22-14-8-9-15(12(2)10-14)16(18(20)21)11-13-6-4-5-7-17(13)19/h4-11H,3H2,1-2H3,(H,20,21)/b16-11-. The summed E-state index contributed by atoms with van der Waals surface area (Å²) < 4.78 is 5.43. The summed E-state index contributed by atoms with van der Waals surface area (Å²) >= 11 is 6.11. The highest BCUT2D eigenvalue weighted by Gasteiger charge is 2.14. The summed E-state index contributed by atoms with van der Waals surface area (Å²) in [5, 5.41) is 10.1. The second-order valence-corrected chi connectivity index (χ2v) is 5.20. The van der Waals surface area contributed by atoms with E-state index in [9.17, 15) is 9.90 Å². The Balaban J connectivity index is 2.49. The Morgan fingerprint density at radius 1 is 1.27 bits per heavy atom. The molecular weight excluding hydrogens is 300 g/mol. The second kappa shape index (κ2) is 7.14. The zero-order chi connectivity index (χ0) is 16.1. The Labute approximate surface area is 134 Å². The number of carboxylic acids is 1. The number of hydrogen-bond acceptors (Lipinski definition) is 2. The number of ether oxygens (including phenoxy) is 1. The van der Waals surface area contributed by atoms with Crippen LogP contribution in [0.15, 0.2) is 42.5 Å². The molecule has 0 unspecified atom stereocenters. The van der Waals surface area contributed by atoms with Gasteiger partial charge >= 0.3 is 5.97 Å². The van der Waals surface area contributed by atoms with Gasteiger partial charge in [0.05, 0.1) is 12.2 Å². The van der Waals surface area contributed by atoms with Crippen LogP contribution in [0.25, 0.3) is 11.6 Å². The van der Waals surface area contributed by atoms with Gasteiger partial charge in [-0.1, -0.05) is 35.9 Å². The van der Waals surface area contributed by atoms with E-state index < -0.39 is 5.97 Å². The Bertz CT molecular complexity index is 720. The van der Waals surface area contributed by atoms with Crippen LogP contribution in [-0.4, -0.2) is 17.7 Å². The summed E-state index contributed by atoms with van der Waals surface area (Å²) in [7, 11) is 0. The van der Waals surface area contributed by atoms with Gasteiger partial charge in [-0.3, -0.25) is 0 Å². The van der Waals surface area contributed by atoms with Crippen LogP contribution < -0.4 is 4.74 Å². The number of halogens is 1. The first-order chi connectivity index (χ1) is 10.5. The van der Waals surface area contributed by atoms with Crippen LogP contribution >= 0.6 is 11.6 Å². The van der Waals surface area contributed by atoms with Crippen molar-refractivity contribution in [3.05, 3.63) is 64.2 Å². The van der Waals surface area contributed by atoms with E-state index >= 15 is 0 Å². The highest BCUT2D eigenvalue weighted by molar-refractivity contribution is 6.33. The molecular formula is C18H17ClO3. The number of aryl methyl sites for hydroxylation is 1. The van der Waals surface area contributed by atoms with E-state index in [1.54, 1.807) is 30.3 Å². The van der Waals surface area contributed by atoms with Crippen LogP contribution in [0.4, 0.5) is 0 Å². The lowest BCUT2D eigenvalue weighted by atomic mass is 9.98. The van der Waals surface area contributed by atoms with Crippen LogP contribution in [0.2, 0.25) is 5.02 Å². The molecule has 2 rings (SSSR count). The molecule has 0 fully saturated rings. The molecule has 0 saturated heterocycles. The van der Waals surface area contributed by atoms with Gasteiger partial charge < -0.3 is 9.84 Å². The molecule has 0 aliphatic carbocycles. The van der Waals surface area contributed by atoms with E-state index in [2.05, 4.69) is 0 Å².